The molecule has 0 aliphatic rings. The van der Waals surface area contributed by atoms with E-state index in [0.717, 1.165) is 47.9 Å². The van der Waals surface area contributed by atoms with Gasteiger partial charge in [0.1, 0.15) is 5.76 Å². The van der Waals surface area contributed by atoms with Crippen LogP contribution in [0.15, 0.2) is 33.8 Å². The molecule has 1 heterocycles. The number of benzene rings is 1. The van der Waals surface area contributed by atoms with Crippen LogP contribution in [0.5, 0.6) is 0 Å². The number of amides is 1. The molecular weight excluding hydrogens is 505 g/mol. The Morgan fingerprint density at radius 3 is 2.26 bits per heavy atom. The van der Waals surface area contributed by atoms with Gasteiger partial charge in [-0.2, -0.15) is 0 Å². The number of hydrogen-bond donors (Lipinski definition) is 2. The fraction of sp³-hybridized carbons (Fsp3) is 0.522. The first-order valence-electron chi connectivity index (χ1n) is 10.9. The van der Waals surface area contributed by atoms with Gasteiger partial charge in [-0.25, -0.2) is 4.99 Å². The lowest BCUT2D eigenvalue weighted by Gasteiger charge is -2.18. The van der Waals surface area contributed by atoms with Crippen LogP contribution in [0.25, 0.3) is 0 Å². The number of nitrogens with one attached hydrogen (secondary N) is 2. The summed E-state index contributed by atoms with van der Waals surface area (Å²) in [4.78, 5) is 18.9. The number of rotatable bonds is 10. The maximum Gasteiger partial charge on any atom is 0.253 e. The molecule has 1 aromatic carbocycles. The number of halogens is 1. The van der Waals surface area contributed by atoms with E-state index in [2.05, 4.69) is 34.6 Å². The summed E-state index contributed by atoms with van der Waals surface area (Å²) in [7, 11) is 0. The highest BCUT2D eigenvalue weighted by molar-refractivity contribution is 14.0. The van der Waals surface area contributed by atoms with E-state index < -0.39 is 0 Å². The van der Waals surface area contributed by atoms with Crippen LogP contribution in [-0.2, 0) is 25.9 Å². The van der Waals surface area contributed by atoms with Crippen LogP contribution in [0, 0.1) is 0 Å². The molecule has 8 heteroatoms. The van der Waals surface area contributed by atoms with Crippen molar-refractivity contribution in [3.63, 3.8) is 0 Å². The second-order valence-corrected chi connectivity index (χ2v) is 6.96. The van der Waals surface area contributed by atoms with Crippen LogP contribution in [0.1, 0.15) is 67.6 Å². The largest absolute Gasteiger partial charge is 0.361 e. The Kier molecular flexibility index (Phi) is 12.2. The van der Waals surface area contributed by atoms with Crippen LogP contribution in [0.3, 0.4) is 0 Å². The predicted molar refractivity (Wildman–Crippen MR) is 136 cm³/mol. The minimum Gasteiger partial charge on any atom is -0.361 e. The first-order valence-corrected chi connectivity index (χ1v) is 10.9. The van der Waals surface area contributed by atoms with Crippen LogP contribution in [-0.4, -0.2) is 41.6 Å². The average Bonchev–Trinajstić information content (AvgIpc) is 3.18. The van der Waals surface area contributed by atoms with Crippen molar-refractivity contribution < 1.29 is 9.32 Å². The fourth-order valence-corrected chi connectivity index (χ4v) is 3.27. The monoisotopic (exact) mass is 541 g/mol. The van der Waals surface area contributed by atoms with E-state index in [1.165, 1.54) is 0 Å². The minimum absolute atomic E-state index is 0. The standard InChI is InChI=1S/C23H35N5O2.HI/c1-6-20-19(21(7-2)30-27-20)16-26-23(24-8-3)25-15-17-11-13-18(14-12-17)22(29)28(9-4)10-5;/h11-14H,6-10,15-16H2,1-5H3,(H2,24,25,26);1H. The second kappa shape index (κ2) is 14.1. The summed E-state index contributed by atoms with van der Waals surface area (Å²) in [5, 5.41) is 10.8. The topological polar surface area (TPSA) is 82.8 Å². The van der Waals surface area contributed by atoms with Gasteiger partial charge in [0.2, 0.25) is 0 Å². The molecule has 1 amide bonds. The van der Waals surface area contributed by atoms with Gasteiger partial charge in [-0.05, 0) is 44.9 Å². The van der Waals surface area contributed by atoms with Crippen LogP contribution in [0.2, 0.25) is 0 Å². The maximum absolute atomic E-state index is 12.4. The van der Waals surface area contributed by atoms with Crippen molar-refractivity contribution in [2.45, 2.75) is 60.5 Å². The molecule has 0 aliphatic heterocycles. The zero-order valence-corrected chi connectivity index (χ0v) is 21.7. The third kappa shape index (κ3) is 7.52. The van der Waals surface area contributed by atoms with Crippen molar-refractivity contribution in [2.75, 3.05) is 19.6 Å². The van der Waals surface area contributed by atoms with Gasteiger partial charge >= 0.3 is 0 Å². The average molecular weight is 541 g/mol. The van der Waals surface area contributed by atoms with E-state index in [-0.39, 0.29) is 29.9 Å². The summed E-state index contributed by atoms with van der Waals surface area (Å²) in [6.07, 6.45) is 1.66. The van der Waals surface area contributed by atoms with Gasteiger partial charge in [-0.1, -0.05) is 31.1 Å². The van der Waals surface area contributed by atoms with Crippen molar-refractivity contribution in [3.8, 4) is 0 Å². The van der Waals surface area contributed by atoms with E-state index in [4.69, 9.17) is 4.52 Å². The molecule has 0 fully saturated rings. The zero-order chi connectivity index (χ0) is 21.9. The number of hydrogen-bond acceptors (Lipinski definition) is 4. The SMILES string of the molecule is CCNC(=NCc1ccc(C(=O)N(CC)CC)cc1)NCc1c(CC)noc1CC.I. The van der Waals surface area contributed by atoms with Gasteiger partial charge < -0.3 is 20.1 Å². The molecule has 2 N–H and O–H groups in total. The Hall–Kier alpha value is -2.10. The van der Waals surface area contributed by atoms with Crippen LogP contribution < -0.4 is 10.6 Å². The lowest BCUT2D eigenvalue weighted by molar-refractivity contribution is 0.0773. The number of carbonyl (C=O) groups is 1. The van der Waals surface area contributed by atoms with Crippen molar-refractivity contribution in [3.05, 3.63) is 52.4 Å². The normalized spacial score (nSPS) is 11.1. The number of nitrogens with zero attached hydrogens (tertiary/aromatic N) is 3. The minimum atomic E-state index is 0. The van der Waals surface area contributed by atoms with E-state index in [1.54, 1.807) is 0 Å². The lowest BCUT2D eigenvalue weighted by atomic mass is 10.1. The van der Waals surface area contributed by atoms with Gasteiger partial charge in [0, 0.05) is 43.7 Å². The van der Waals surface area contributed by atoms with Crippen molar-refractivity contribution in [1.82, 2.24) is 20.7 Å². The first kappa shape index (κ1) is 26.9. The molecule has 2 rings (SSSR count). The molecule has 0 radical (unpaired) electrons. The van der Waals surface area contributed by atoms with Crippen molar-refractivity contribution in [1.29, 1.82) is 0 Å². The van der Waals surface area contributed by atoms with E-state index in [0.29, 0.717) is 31.7 Å². The van der Waals surface area contributed by atoms with Gasteiger partial charge in [-0.15, -0.1) is 24.0 Å². The molecule has 1 aromatic heterocycles. The Morgan fingerprint density at radius 1 is 1.03 bits per heavy atom. The van der Waals surface area contributed by atoms with E-state index in [1.807, 2.05) is 49.9 Å². The van der Waals surface area contributed by atoms with Gasteiger partial charge in [0.05, 0.1) is 12.2 Å². The molecule has 0 unspecified atom stereocenters. The third-order valence-corrected chi connectivity index (χ3v) is 5.06. The lowest BCUT2D eigenvalue weighted by Crippen LogP contribution is -2.37. The number of aromatic nitrogens is 1. The summed E-state index contributed by atoms with van der Waals surface area (Å²) in [6.45, 7) is 13.5. The summed E-state index contributed by atoms with van der Waals surface area (Å²) in [5.74, 6) is 1.73. The molecule has 0 spiro atoms. The number of carbonyl (C=O) groups excluding carboxylic acids is 1. The Balaban J connectivity index is 0.00000480. The van der Waals surface area contributed by atoms with Crippen LogP contribution in [0.4, 0.5) is 0 Å². The second-order valence-electron chi connectivity index (χ2n) is 6.96. The molecule has 2 aromatic rings. The molecule has 0 saturated heterocycles. The van der Waals surface area contributed by atoms with Crippen molar-refractivity contribution >= 4 is 35.8 Å². The molecule has 0 bridgehead atoms. The van der Waals surface area contributed by atoms with E-state index in [9.17, 15) is 4.79 Å². The Bertz CT molecular complexity index is 807. The summed E-state index contributed by atoms with van der Waals surface area (Å²) in [5.41, 5.74) is 3.87. The Labute approximate surface area is 203 Å². The van der Waals surface area contributed by atoms with E-state index >= 15 is 0 Å². The molecular formula is C23H36IN5O2. The molecule has 172 valence electrons. The zero-order valence-electron chi connectivity index (χ0n) is 19.3. The smallest absolute Gasteiger partial charge is 0.253 e. The van der Waals surface area contributed by atoms with Crippen molar-refractivity contribution in [2.24, 2.45) is 4.99 Å². The summed E-state index contributed by atoms with van der Waals surface area (Å²) in [6, 6.07) is 7.69. The maximum atomic E-state index is 12.4. The highest BCUT2D eigenvalue weighted by atomic mass is 127. The molecule has 0 saturated carbocycles. The van der Waals surface area contributed by atoms with Crippen LogP contribution >= 0.6 is 24.0 Å². The Morgan fingerprint density at radius 2 is 1.71 bits per heavy atom. The molecule has 0 atom stereocenters. The quantitative estimate of drug-likeness (QED) is 0.268. The molecule has 7 nitrogen and oxygen atoms in total. The van der Waals surface area contributed by atoms with Gasteiger partial charge in [-0.3, -0.25) is 4.79 Å². The fourth-order valence-electron chi connectivity index (χ4n) is 3.27. The summed E-state index contributed by atoms with van der Waals surface area (Å²) < 4.78 is 5.44. The highest BCUT2D eigenvalue weighted by Gasteiger charge is 2.14. The predicted octanol–water partition coefficient (Wildman–Crippen LogP) is 4.15. The molecule has 0 aliphatic carbocycles. The number of aryl methyl sites for hydroxylation is 2. The number of guanidine groups is 1. The van der Waals surface area contributed by atoms with Gasteiger partial charge in [0.15, 0.2) is 5.96 Å². The number of aliphatic imine (C=N–C) groups is 1. The summed E-state index contributed by atoms with van der Waals surface area (Å²) >= 11 is 0. The molecule has 31 heavy (non-hydrogen) atoms. The third-order valence-electron chi connectivity index (χ3n) is 5.06. The highest BCUT2D eigenvalue weighted by Crippen LogP contribution is 2.15. The van der Waals surface area contributed by atoms with Gasteiger partial charge in [0.25, 0.3) is 5.91 Å². The first-order chi connectivity index (χ1) is 14.6.